The Bertz CT molecular complexity index is 939. The van der Waals surface area contributed by atoms with E-state index in [0.717, 1.165) is 51.4 Å². The SMILES string of the molecule is CCCCCCCC/C=C\CCCC(CC(=O)NC(CO)C(O)CCCCCCCCCCCCCCCCCCC)OC(=O)CCCCCCCCCCCCCCCCC. The number of unbranched alkanes of at least 4 members (excludes halogenated alkanes) is 37. The summed E-state index contributed by atoms with van der Waals surface area (Å²) in [7, 11) is 0. The number of esters is 1. The van der Waals surface area contributed by atoms with Crippen molar-refractivity contribution in [2.75, 3.05) is 6.61 Å². The quantitative estimate of drug-likeness (QED) is 0.0321. The van der Waals surface area contributed by atoms with E-state index < -0.39 is 18.2 Å². The zero-order valence-corrected chi connectivity index (χ0v) is 42.0. The minimum Gasteiger partial charge on any atom is -0.462 e. The average Bonchev–Trinajstić information content (AvgIpc) is 3.26. The molecule has 0 fully saturated rings. The minimum atomic E-state index is -0.789. The normalized spacial score (nSPS) is 13.2. The molecule has 0 radical (unpaired) electrons. The molecule has 1 amide bonds. The number of carbonyl (C=O) groups is 2. The minimum absolute atomic E-state index is 0.0639. The highest BCUT2D eigenvalue weighted by Crippen LogP contribution is 2.18. The highest BCUT2D eigenvalue weighted by atomic mass is 16.5. The molecule has 0 bridgehead atoms. The lowest BCUT2D eigenvalue weighted by Crippen LogP contribution is -2.46. The van der Waals surface area contributed by atoms with Crippen LogP contribution in [0.1, 0.15) is 310 Å². The second kappa shape index (κ2) is 50.6. The van der Waals surface area contributed by atoms with Gasteiger partial charge in [0.05, 0.1) is 25.2 Å². The third-order valence-corrected chi connectivity index (χ3v) is 13.1. The monoisotopic (exact) mass is 876 g/mol. The molecule has 0 aromatic rings. The lowest BCUT2D eigenvalue weighted by molar-refractivity contribution is -0.151. The van der Waals surface area contributed by atoms with Gasteiger partial charge in [0.1, 0.15) is 6.10 Å². The Morgan fingerprint density at radius 1 is 0.452 bits per heavy atom. The van der Waals surface area contributed by atoms with E-state index in [2.05, 4.69) is 38.2 Å². The summed E-state index contributed by atoms with van der Waals surface area (Å²) in [5, 5.41) is 23.8. The first kappa shape index (κ1) is 60.6. The summed E-state index contributed by atoms with van der Waals surface area (Å²) in [5.41, 5.74) is 0. The van der Waals surface area contributed by atoms with Gasteiger partial charge in [0, 0.05) is 6.42 Å². The molecule has 0 saturated carbocycles. The number of aliphatic hydroxyl groups excluding tert-OH is 2. The molecule has 0 saturated heterocycles. The summed E-state index contributed by atoms with van der Waals surface area (Å²) in [4.78, 5) is 26.2. The molecular formula is C56H109NO5. The molecule has 0 spiro atoms. The number of hydrogen-bond acceptors (Lipinski definition) is 5. The van der Waals surface area contributed by atoms with Crippen molar-refractivity contribution in [3.8, 4) is 0 Å². The average molecular weight is 876 g/mol. The molecule has 0 aliphatic rings. The van der Waals surface area contributed by atoms with Gasteiger partial charge < -0.3 is 20.3 Å². The Kier molecular flexibility index (Phi) is 49.5. The van der Waals surface area contributed by atoms with Gasteiger partial charge in [-0.05, 0) is 44.9 Å². The van der Waals surface area contributed by atoms with Crippen molar-refractivity contribution in [2.24, 2.45) is 0 Å². The van der Waals surface area contributed by atoms with E-state index in [1.165, 1.54) is 212 Å². The molecule has 3 atom stereocenters. The van der Waals surface area contributed by atoms with E-state index in [1.54, 1.807) is 0 Å². The summed E-state index contributed by atoms with van der Waals surface area (Å²) in [6.07, 6.45) is 57.1. The van der Waals surface area contributed by atoms with Crippen LogP contribution in [0.5, 0.6) is 0 Å². The number of allylic oxidation sites excluding steroid dienone is 2. The van der Waals surface area contributed by atoms with Crippen molar-refractivity contribution in [1.82, 2.24) is 5.32 Å². The molecule has 368 valence electrons. The Morgan fingerprint density at radius 3 is 1.18 bits per heavy atom. The highest BCUT2D eigenvalue weighted by molar-refractivity contribution is 5.77. The highest BCUT2D eigenvalue weighted by Gasteiger charge is 2.24. The zero-order chi connectivity index (χ0) is 45.2. The number of amides is 1. The van der Waals surface area contributed by atoms with Crippen LogP contribution < -0.4 is 5.32 Å². The van der Waals surface area contributed by atoms with Crippen LogP contribution in [-0.2, 0) is 14.3 Å². The Morgan fingerprint density at radius 2 is 0.790 bits per heavy atom. The number of ether oxygens (including phenoxy) is 1. The van der Waals surface area contributed by atoms with Crippen molar-refractivity contribution in [2.45, 2.75) is 328 Å². The molecule has 0 aromatic carbocycles. The summed E-state index contributed by atoms with van der Waals surface area (Å²) >= 11 is 0. The van der Waals surface area contributed by atoms with Crippen LogP contribution in [0.15, 0.2) is 12.2 Å². The molecule has 0 heterocycles. The molecule has 0 aromatic heterocycles. The first-order valence-corrected chi connectivity index (χ1v) is 27.9. The largest absolute Gasteiger partial charge is 0.462 e. The zero-order valence-electron chi connectivity index (χ0n) is 42.0. The van der Waals surface area contributed by atoms with Gasteiger partial charge in [-0.3, -0.25) is 9.59 Å². The lowest BCUT2D eigenvalue weighted by atomic mass is 10.0. The number of nitrogens with one attached hydrogen (secondary N) is 1. The molecule has 0 aliphatic carbocycles. The predicted octanol–water partition coefficient (Wildman–Crippen LogP) is 16.9. The van der Waals surface area contributed by atoms with Crippen LogP contribution in [0.4, 0.5) is 0 Å². The maximum Gasteiger partial charge on any atom is 0.306 e. The second-order valence-corrected chi connectivity index (χ2v) is 19.3. The smallest absolute Gasteiger partial charge is 0.306 e. The van der Waals surface area contributed by atoms with Crippen molar-refractivity contribution in [3.63, 3.8) is 0 Å². The van der Waals surface area contributed by atoms with Crippen molar-refractivity contribution >= 4 is 11.9 Å². The molecular weight excluding hydrogens is 767 g/mol. The molecule has 0 rings (SSSR count). The van der Waals surface area contributed by atoms with Crippen molar-refractivity contribution in [1.29, 1.82) is 0 Å². The number of hydrogen-bond donors (Lipinski definition) is 3. The molecule has 0 aliphatic heterocycles. The van der Waals surface area contributed by atoms with Crippen molar-refractivity contribution in [3.05, 3.63) is 12.2 Å². The van der Waals surface area contributed by atoms with Gasteiger partial charge in [0.15, 0.2) is 0 Å². The first-order chi connectivity index (χ1) is 30.5. The van der Waals surface area contributed by atoms with Crippen LogP contribution in [0.2, 0.25) is 0 Å². The summed E-state index contributed by atoms with van der Waals surface area (Å²) in [6.45, 7) is 6.50. The van der Waals surface area contributed by atoms with Crippen LogP contribution in [-0.4, -0.2) is 46.9 Å². The molecule has 6 nitrogen and oxygen atoms in total. The fourth-order valence-electron chi connectivity index (χ4n) is 8.85. The number of carbonyl (C=O) groups excluding carboxylic acids is 2. The third-order valence-electron chi connectivity index (χ3n) is 13.1. The maximum absolute atomic E-state index is 13.2. The number of rotatable bonds is 51. The van der Waals surface area contributed by atoms with Gasteiger partial charge in [0.25, 0.3) is 0 Å². The Hall–Kier alpha value is -1.40. The van der Waals surface area contributed by atoms with Crippen LogP contribution in [0, 0.1) is 0 Å². The fraction of sp³-hybridized carbons (Fsp3) is 0.929. The first-order valence-electron chi connectivity index (χ1n) is 27.9. The van der Waals surface area contributed by atoms with E-state index in [1.807, 2.05) is 0 Å². The third kappa shape index (κ3) is 45.2. The van der Waals surface area contributed by atoms with Crippen LogP contribution in [0.3, 0.4) is 0 Å². The maximum atomic E-state index is 13.2. The molecule has 3 unspecified atom stereocenters. The van der Waals surface area contributed by atoms with Crippen LogP contribution >= 0.6 is 0 Å². The van der Waals surface area contributed by atoms with Crippen LogP contribution in [0.25, 0.3) is 0 Å². The standard InChI is InChI=1S/C56H109NO5/c1-4-7-10-13-16-19-22-24-26-27-29-30-33-36-39-42-45-48-54(59)53(51-58)57-55(60)50-52(47-44-41-38-35-32-21-18-15-12-9-6-3)62-56(61)49-46-43-40-37-34-31-28-25-23-20-17-14-11-8-5-2/h35,38,52-54,58-59H,4-34,36-37,39-51H2,1-3H3,(H,57,60)/b38-35-. The van der Waals surface area contributed by atoms with Crippen molar-refractivity contribution < 1.29 is 24.5 Å². The van der Waals surface area contributed by atoms with Gasteiger partial charge in [-0.15, -0.1) is 0 Å². The van der Waals surface area contributed by atoms with Gasteiger partial charge in [-0.25, -0.2) is 0 Å². The summed E-state index contributed by atoms with van der Waals surface area (Å²) in [5.74, 6) is -0.484. The van der Waals surface area contributed by atoms with E-state index >= 15 is 0 Å². The molecule has 6 heteroatoms. The topological polar surface area (TPSA) is 95.9 Å². The lowest BCUT2D eigenvalue weighted by Gasteiger charge is -2.24. The van der Waals surface area contributed by atoms with Gasteiger partial charge in [-0.2, -0.15) is 0 Å². The van der Waals surface area contributed by atoms with Gasteiger partial charge in [-0.1, -0.05) is 264 Å². The second-order valence-electron chi connectivity index (χ2n) is 19.3. The van der Waals surface area contributed by atoms with E-state index in [0.29, 0.717) is 19.3 Å². The molecule has 3 N–H and O–H groups in total. The Balaban J connectivity index is 4.44. The van der Waals surface area contributed by atoms with Gasteiger partial charge in [0.2, 0.25) is 5.91 Å². The fourth-order valence-corrected chi connectivity index (χ4v) is 8.85. The van der Waals surface area contributed by atoms with E-state index in [9.17, 15) is 19.8 Å². The summed E-state index contributed by atoms with van der Waals surface area (Å²) in [6, 6.07) is -0.704. The summed E-state index contributed by atoms with van der Waals surface area (Å²) < 4.78 is 5.93. The van der Waals surface area contributed by atoms with E-state index in [-0.39, 0.29) is 24.9 Å². The van der Waals surface area contributed by atoms with E-state index in [4.69, 9.17) is 4.74 Å². The van der Waals surface area contributed by atoms with Gasteiger partial charge >= 0.3 is 5.97 Å². The number of aliphatic hydroxyl groups is 2. The molecule has 62 heavy (non-hydrogen) atoms. The predicted molar refractivity (Wildman–Crippen MR) is 269 cm³/mol. The Labute approximate surface area is 387 Å².